The lowest BCUT2D eigenvalue weighted by atomic mass is 10.1. The van der Waals surface area contributed by atoms with Gasteiger partial charge in [0.25, 0.3) is 0 Å². The summed E-state index contributed by atoms with van der Waals surface area (Å²) in [6, 6.07) is 11.0. The molecule has 0 aromatic heterocycles. The lowest BCUT2D eigenvalue weighted by Crippen LogP contribution is -2.28. The van der Waals surface area contributed by atoms with Crippen LogP contribution in [0.2, 0.25) is 0 Å². The van der Waals surface area contributed by atoms with E-state index in [1.54, 1.807) is 12.1 Å². The number of ether oxygens (including phenoxy) is 1. The quantitative estimate of drug-likeness (QED) is 0.826. The highest BCUT2D eigenvalue weighted by Gasteiger charge is 2.14. The van der Waals surface area contributed by atoms with Crippen molar-refractivity contribution < 1.29 is 13.2 Å². The molecule has 0 amide bonds. The predicted molar refractivity (Wildman–Crippen MR) is 92.5 cm³/mol. The summed E-state index contributed by atoms with van der Waals surface area (Å²) in [6.07, 6.45) is 0. The standard InChI is InChI=1S/C18H23NO3S/c1-13-8-9-17(12-15(13)3)23(20,21)19-10-11-22-18-7-5-6-14(2)16(18)4/h5-9,12,19H,10-11H2,1-4H3. The number of aryl methyl sites for hydroxylation is 3. The van der Waals surface area contributed by atoms with E-state index in [4.69, 9.17) is 4.74 Å². The average molecular weight is 333 g/mol. The van der Waals surface area contributed by atoms with Crippen LogP contribution in [0.5, 0.6) is 5.75 Å². The van der Waals surface area contributed by atoms with E-state index < -0.39 is 10.0 Å². The van der Waals surface area contributed by atoms with Crippen LogP contribution in [0.3, 0.4) is 0 Å². The van der Waals surface area contributed by atoms with Crippen molar-refractivity contribution in [3.8, 4) is 5.75 Å². The second kappa shape index (κ2) is 7.15. The molecule has 5 heteroatoms. The molecule has 0 saturated carbocycles. The molecule has 0 spiro atoms. The monoisotopic (exact) mass is 333 g/mol. The van der Waals surface area contributed by atoms with Gasteiger partial charge in [-0.15, -0.1) is 0 Å². The Morgan fingerprint density at radius 2 is 1.70 bits per heavy atom. The van der Waals surface area contributed by atoms with E-state index >= 15 is 0 Å². The molecule has 0 atom stereocenters. The SMILES string of the molecule is Cc1ccc(S(=O)(=O)NCCOc2cccc(C)c2C)cc1C. The summed E-state index contributed by atoms with van der Waals surface area (Å²) >= 11 is 0. The smallest absolute Gasteiger partial charge is 0.240 e. The van der Waals surface area contributed by atoms with Gasteiger partial charge in [-0.2, -0.15) is 0 Å². The number of nitrogens with one attached hydrogen (secondary N) is 1. The van der Waals surface area contributed by atoms with Crippen molar-refractivity contribution in [2.75, 3.05) is 13.2 Å². The molecule has 2 rings (SSSR count). The minimum Gasteiger partial charge on any atom is -0.492 e. The minimum absolute atomic E-state index is 0.225. The summed E-state index contributed by atoms with van der Waals surface area (Å²) in [6.45, 7) is 8.38. The van der Waals surface area contributed by atoms with E-state index in [9.17, 15) is 8.42 Å². The van der Waals surface area contributed by atoms with Crippen molar-refractivity contribution in [3.05, 3.63) is 58.7 Å². The van der Waals surface area contributed by atoms with Gasteiger partial charge < -0.3 is 4.74 Å². The normalized spacial score (nSPS) is 11.5. The van der Waals surface area contributed by atoms with Gasteiger partial charge in [0.15, 0.2) is 0 Å². The van der Waals surface area contributed by atoms with Gasteiger partial charge in [0, 0.05) is 6.54 Å². The first-order valence-electron chi connectivity index (χ1n) is 7.57. The zero-order valence-electron chi connectivity index (χ0n) is 14.0. The van der Waals surface area contributed by atoms with Crippen molar-refractivity contribution >= 4 is 10.0 Å². The zero-order chi connectivity index (χ0) is 17.0. The van der Waals surface area contributed by atoms with Crippen molar-refractivity contribution in [3.63, 3.8) is 0 Å². The van der Waals surface area contributed by atoms with Gasteiger partial charge >= 0.3 is 0 Å². The highest BCUT2D eigenvalue weighted by Crippen LogP contribution is 2.20. The topological polar surface area (TPSA) is 55.4 Å². The van der Waals surface area contributed by atoms with Crippen LogP contribution in [0.1, 0.15) is 22.3 Å². The molecule has 0 aliphatic rings. The second-order valence-corrected chi connectivity index (χ2v) is 7.46. The van der Waals surface area contributed by atoms with Crippen LogP contribution in [0.25, 0.3) is 0 Å². The Balaban J connectivity index is 1.95. The maximum atomic E-state index is 12.3. The fourth-order valence-corrected chi connectivity index (χ4v) is 3.28. The second-order valence-electron chi connectivity index (χ2n) is 5.69. The molecule has 0 radical (unpaired) electrons. The number of rotatable bonds is 6. The Labute approximate surface area is 138 Å². The maximum Gasteiger partial charge on any atom is 0.240 e. The molecule has 0 heterocycles. The first-order chi connectivity index (χ1) is 10.8. The van der Waals surface area contributed by atoms with Crippen LogP contribution < -0.4 is 9.46 Å². The molecule has 4 nitrogen and oxygen atoms in total. The third-order valence-electron chi connectivity index (χ3n) is 4.00. The number of hydrogen-bond acceptors (Lipinski definition) is 3. The van der Waals surface area contributed by atoms with Crippen LogP contribution in [0.4, 0.5) is 0 Å². The highest BCUT2D eigenvalue weighted by molar-refractivity contribution is 7.89. The largest absolute Gasteiger partial charge is 0.492 e. The molecule has 0 bridgehead atoms. The predicted octanol–water partition coefficient (Wildman–Crippen LogP) is 3.28. The summed E-state index contributed by atoms with van der Waals surface area (Å²) < 4.78 is 32.8. The average Bonchev–Trinajstić information content (AvgIpc) is 2.50. The van der Waals surface area contributed by atoms with Crippen LogP contribution in [-0.2, 0) is 10.0 Å². The molecule has 2 aromatic rings. The lowest BCUT2D eigenvalue weighted by molar-refractivity contribution is 0.320. The Hall–Kier alpha value is -1.85. The van der Waals surface area contributed by atoms with Crippen molar-refractivity contribution in [2.45, 2.75) is 32.6 Å². The summed E-state index contributed by atoms with van der Waals surface area (Å²) in [5, 5.41) is 0. The lowest BCUT2D eigenvalue weighted by Gasteiger charge is -2.12. The van der Waals surface area contributed by atoms with Crippen molar-refractivity contribution in [1.82, 2.24) is 4.72 Å². The van der Waals surface area contributed by atoms with Gasteiger partial charge in [0.1, 0.15) is 12.4 Å². The van der Waals surface area contributed by atoms with E-state index in [1.165, 1.54) is 0 Å². The molecule has 1 N–H and O–H groups in total. The fraction of sp³-hybridized carbons (Fsp3) is 0.333. The van der Waals surface area contributed by atoms with Crippen LogP contribution >= 0.6 is 0 Å². The maximum absolute atomic E-state index is 12.3. The summed E-state index contributed by atoms with van der Waals surface area (Å²) in [5.74, 6) is 0.787. The van der Waals surface area contributed by atoms with E-state index in [2.05, 4.69) is 4.72 Å². The zero-order valence-corrected chi connectivity index (χ0v) is 14.8. The molecule has 0 saturated heterocycles. The molecular weight excluding hydrogens is 310 g/mol. The molecule has 0 aliphatic heterocycles. The first kappa shape index (κ1) is 17.5. The molecular formula is C18H23NO3S. The third kappa shape index (κ3) is 4.33. The van der Waals surface area contributed by atoms with Gasteiger partial charge in [-0.1, -0.05) is 18.2 Å². The molecule has 0 unspecified atom stereocenters. The van der Waals surface area contributed by atoms with E-state index in [-0.39, 0.29) is 18.0 Å². The minimum atomic E-state index is -3.50. The Morgan fingerprint density at radius 1 is 0.957 bits per heavy atom. The molecule has 0 fully saturated rings. The van der Waals surface area contributed by atoms with Crippen LogP contribution in [-0.4, -0.2) is 21.6 Å². The van der Waals surface area contributed by atoms with Crippen LogP contribution in [0.15, 0.2) is 41.3 Å². The van der Waals surface area contributed by atoms with Crippen molar-refractivity contribution in [2.24, 2.45) is 0 Å². The Morgan fingerprint density at radius 3 is 2.39 bits per heavy atom. The molecule has 124 valence electrons. The third-order valence-corrected chi connectivity index (χ3v) is 5.45. The molecule has 23 heavy (non-hydrogen) atoms. The van der Waals surface area contributed by atoms with Gasteiger partial charge in [0.05, 0.1) is 4.90 Å². The number of benzene rings is 2. The summed E-state index contributed by atoms with van der Waals surface area (Å²) in [5.41, 5.74) is 4.25. The molecule has 0 aliphatic carbocycles. The Kier molecular flexibility index (Phi) is 5.44. The Bertz CT molecular complexity index is 798. The van der Waals surface area contributed by atoms with E-state index in [0.717, 1.165) is 28.0 Å². The van der Waals surface area contributed by atoms with E-state index in [0.29, 0.717) is 0 Å². The number of sulfonamides is 1. The van der Waals surface area contributed by atoms with Gasteiger partial charge in [-0.3, -0.25) is 0 Å². The highest BCUT2D eigenvalue weighted by atomic mass is 32.2. The molecule has 2 aromatic carbocycles. The fourth-order valence-electron chi connectivity index (χ4n) is 2.18. The van der Waals surface area contributed by atoms with E-state index in [1.807, 2.05) is 52.0 Å². The van der Waals surface area contributed by atoms with Crippen LogP contribution in [0, 0.1) is 27.7 Å². The summed E-state index contributed by atoms with van der Waals surface area (Å²) in [4.78, 5) is 0.285. The first-order valence-corrected chi connectivity index (χ1v) is 9.05. The van der Waals surface area contributed by atoms with Gasteiger partial charge in [-0.05, 0) is 68.1 Å². The number of hydrogen-bond donors (Lipinski definition) is 1. The van der Waals surface area contributed by atoms with Gasteiger partial charge in [-0.25, -0.2) is 13.1 Å². The van der Waals surface area contributed by atoms with Gasteiger partial charge in [0.2, 0.25) is 10.0 Å². The van der Waals surface area contributed by atoms with Crippen molar-refractivity contribution in [1.29, 1.82) is 0 Å². The summed E-state index contributed by atoms with van der Waals surface area (Å²) in [7, 11) is -3.50.